The molecule has 0 amide bonds. The standard InChI is InChI=1S/C12H22N4OS/c1-3-13-12-15-10(2)9-11(16-12)14-5-8-18-7-4-6-17/h9,17H,3-8H2,1-2H3,(H2,13,14,15,16). The Morgan fingerprint density at radius 1 is 1.28 bits per heavy atom. The molecular weight excluding hydrogens is 248 g/mol. The first-order valence-electron chi connectivity index (χ1n) is 6.28. The molecule has 0 bridgehead atoms. The number of anilines is 2. The van der Waals surface area contributed by atoms with E-state index in [1.165, 1.54) is 0 Å². The van der Waals surface area contributed by atoms with Crippen LogP contribution in [-0.4, -0.2) is 46.3 Å². The lowest BCUT2D eigenvalue weighted by atomic mass is 10.4. The van der Waals surface area contributed by atoms with Gasteiger partial charge in [0.2, 0.25) is 5.95 Å². The van der Waals surface area contributed by atoms with Crippen LogP contribution in [0.2, 0.25) is 0 Å². The van der Waals surface area contributed by atoms with E-state index in [-0.39, 0.29) is 6.61 Å². The van der Waals surface area contributed by atoms with Gasteiger partial charge in [0, 0.05) is 37.2 Å². The van der Waals surface area contributed by atoms with Crippen molar-refractivity contribution in [3.05, 3.63) is 11.8 Å². The zero-order valence-electron chi connectivity index (χ0n) is 11.1. The average Bonchev–Trinajstić information content (AvgIpc) is 2.33. The lowest BCUT2D eigenvalue weighted by Gasteiger charge is -2.08. The van der Waals surface area contributed by atoms with Gasteiger partial charge < -0.3 is 15.7 Å². The van der Waals surface area contributed by atoms with Gasteiger partial charge in [0.25, 0.3) is 0 Å². The fraction of sp³-hybridized carbons (Fsp3) is 0.667. The van der Waals surface area contributed by atoms with Crippen molar-refractivity contribution in [1.29, 1.82) is 0 Å². The van der Waals surface area contributed by atoms with Crippen LogP contribution in [0, 0.1) is 6.92 Å². The first-order valence-corrected chi connectivity index (χ1v) is 7.43. The average molecular weight is 270 g/mol. The first-order chi connectivity index (χ1) is 8.76. The van der Waals surface area contributed by atoms with Crippen LogP contribution in [0.1, 0.15) is 19.0 Å². The van der Waals surface area contributed by atoms with E-state index < -0.39 is 0 Å². The molecular formula is C12H22N4OS. The van der Waals surface area contributed by atoms with Gasteiger partial charge in [-0.05, 0) is 26.0 Å². The van der Waals surface area contributed by atoms with Crippen molar-refractivity contribution in [3.63, 3.8) is 0 Å². The summed E-state index contributed by atoms with van der Waals surface area (Å²) in [6.45, 7) is 5.95. The van der Waals surface area contributed by atoms with Gasteiger partial charge in [-0.1, -0.05) is 0 Å². The third-order valence-corrected chi connectivity index (χ3v) is 3.26. The minimum Gasteiger partial charge on any atom is -0.396 e. The summed E-state index contributed by atoms with van der Waals surface area (Å²) in [6.07, 6.45) is 0.863. The van der Waals surface area contributed by atoms with Crippen LogP contribution < -0.4 is 10.6 Å². The number of aliphatic hydroxyl groups excluding tert-OH is 1. The molecule has 5 nitrogen and oxygen atoms in total. The molecule has 0 saturated heterocycles. The molecule has 0 atom stereocenters. The van der Waals surface area contributed by atoms with Crippen LogP contribution in [-0.2, 0) is 0 Å². The van der Waals surface area contributed by atoms with Crippen molar-refractivity contribution < 1.29 is 5.11 Å². The zero-order chi connectivity index (χ0) is 13.2. The fourth-order valence-electron chi connectivity index (χ4n) is 1.42. The highest BCUT2D eigenvalue weighted by Gasteiger charge is 2.00. The van der Waals surface area contributed by atoms with Crippen molar-refractivity contribution in [2.75, 3.05) is 41.8 Å². The molecule has 102 valence electrons. The van der Waals surface area contributed by atoms with E-state index in [9.17, 15) is 0 Å². The second-order valence-electron chi connectivity index (χ2n) is 3.86. The van der Waals surface area contributed by atoms with Crippen molar-refractivity contribution >= 4 is 23.5 Å². The van der Waals surface area contributed by atoms with Gasteiger partial charge in [0.1, 0.15) is 5.82 Å². The summed E-state index contributed by atoms with van der Waals surface area (Å²) in [6, 6.07) is 1.94. The zero-order valence-corrected chi connectivity index (χ0v) is 11.9. The number of hydrogen-bond acceptors (Lipinski definition) is 6. The maximum Gasteiger partial charge on any atom is 0.224 e. The smallest absolute Gasteiger partial charge is 0.224 e. The number of aryl methyl sites for hydroxylation is 1. The van der Waals surface area contributed by atoms with Crippen LogP contribution >= 0.6 is 11.8 Å². The molecule has 0 radical (unpaired) electrons. The van der Waals surface area contributed by atoms with E-state index in [2.05, 4.69) is 20.6 Å². The molecule has 0 aliphatic heterocycles. The highest BCUT2D eigenvalue weighted by Crippen LogP contribution is 2.10. The van der Waals surface area contributed by atoms with Gasteiger partial charge in [-0.15, -0.1) is 0 Å². The van der Waals surface area contributed by atoms with Crippen molar-refractivity contribution in [2.45, 2.75) is 20.3 Å². The van der Waals surface area contributed by atoms with Gasteiger partial charge >= 0.3 is 0 Å². The normalized spacial score (nSPS) is 10.4. The SMILES string of the molecule is CCNc1nc(C)cc(NCCSCCCO)n1. The Morgan fingerprint density at radius 2 is 2.11 bits per heavy atom. The van der Waals surface area contributed by atoms with E-state index in [0.717, 1.165) is 42.5 Å². The molecule has 0 aliphatic rings. The summed E-state index contributed by atoms with van der Waals surface area (Å²) in [5.74, 6) is 3.55. The molecule has 0 aliphatic carbocycles. The predicted molar refractivity (Wildman–Crippen MR) is 78.5 cm³/mol. The Balaban J connectivity index is 2.32. The second-order valence-corrected chi connectivity index (χ2v) is 5.09. The molecule has 1 heterocycles. The molecule has 6 heteroatoms. The Hall–Kier alpha value is -1.01. The van der Waals surface area contributed by atoms with Gasteiger partial charge in [-0.3, -0.25) is 0 Å². The summed E-state index contributed by atoms with van der Waals surface area (Å²) in [4.78, 5) is 8.67. The number of thioether (sulfide) groups is 1. The minimum atomic E-state index is 0.275. The quantitative estimate of drug-likeness (QED) is 0.594. The summed E-state index contributed by atoms with van der Waals surface area (Å²) in [5.41, 5.74) is 0.955. The van der Waals surface area contributed by atoms with E-state index in [4.69, 9.17) is 5.11 Å². The van der Waals surface area contributed by atoms with Gasteiger partial charge in [0.05, 0.1) is 0 Å². The van der Waals surface area contributed by atoms with Crippen molar-refractivity contribution in [2.24, 2.45) is 0 Å². The molecule has 0 spiro atoms. The van der Waals surface area contributed by atoms with Gasteiger partial charge in [-0.25, -0.2) is 4.98 Å². The molecule has 0 saturated carbocycles. The Morgan fingerprint density at radius 3 is 2.83 bits per heavy atom. The van der Waals surface area contributed by atoms with E-state index in [0.29, 0.717) is 5.95 Å². The molecule has 0 aromatic carbocycles. The molecule has 1 aromatic heterocycles. The maximum absolute atomic E-state index is 8.66. The number of rotatable bonds is 9. The molecule has 0 fully saturated rings. The highest BCUT2D eigenvalue weighted by molar-refractivity contribution is 7.99. The summed E-state index contributed by atoms with van der Waals surface area (Å²) in [7, 11) is 0. The number of aromatic nitrogens is 2. The third-order valence-electron chi connectivity index (χ3n) is 2.19. The van der Waals surface area contributed by atoms with Crippen LogP contribution in [0.15, 0.2) is 6.07 Å². The number of nitrogens with zero attached hydrogens (tertiary/aromatic N) is 2. The largest absolute Gasteiger partial charge is 0.396 e. The van der Waals surface area contributed by atoms with Crippen LogP contribution in [0.25, 0.3) is 0 Å². The van der Waals surface area contributed by atoms with Crippen LogP contribution in [0.3, 0.4) is 0 Å². The Bertz CT molecular complexity index is 349. The monoisotopic (exact) mass is 270 g/mol. The van der Waals surface area contributed by atoms with E-state index >= 15 is 0 Å². The van der Waals surface area contributed by atoms with Gasteiger partial charge in [-0.2, -0.15) is 16.7 Å². The molecule has 1 rings (SSSR count). The Labute approximate surface area is 113 Å². The maximum atomic E-state index is 8.66. The summed E-state index contributed by atoms with van der Waals surface area (Å²) in [5, 5.41) is 15.1. The Kier molecular flexibility index (Phi) is 7.52. The molecule has 3 N–H and O–H groups in total. The van der Waals surface area contributed by atoms with Crippen LogP contribution in [0.4, 0.5) is 11.8 Å². The molecule has 18 heavy (non-hydrogen) atoms. The van der Waals surface area contributed by atoms with Crippen molar-refractivity contribution in [1.82, 2.24) is 9.97 Å². The molecule has 1 aromatic rings. The third kappa shape index (κ3) is 6.07. The number of nitrogens with one attached hydrogen (secondary N) is 2. The molecule has 0 unspecified atom stereocenters. The fourth-order valence-corrected chi connectivity index (χ4v) is 2.20. The summed E-state index contributed by atoms with van der Waals surface area (Å²) < 4.78 is 0. The summed E-state index contributed by atoms with van der Waals surface area (Å²) >= 11 is 1.83. The lowest BCUT2D eigenvalue weighted by molar-refractivity contribution is 0.296. The second kappa shape index (κ2) is 8.99. The number of aliphatic hydroxyl groups is 1. The number of hydrogen-bond donors (Lipinski definition) is 3. The first kappa shape index (κ1) is 15.0. The predicted octanol–water partition coefficient (Wildman–Crippen LogP) is 1.74. The highest BCUT2D eigenvalue weighted by atomic mass is 32.2. The van der Waals surface area contributed by atoms with E-state index in [1.807, 2.05) is 31.7 Å². The lowest BCUT2D eigenvalue weighted by Crippen LogP contribution is -2.09. The van der Waals surface area contributed by atoms with Crippen LogP contribution in [0.5, 0.6) is 0 Å². The van der Waals surface area contributed by atoms with E-state index in [1.54, 1.807) is 0 Å². The minimum absolute atomic E-state index is 0.275. The van der Waals surface area contributed by atoms with Crippen molar-refractivity contribution in [3.8, 4) is 0 Å². The van der Waals surface area contributed by atoms with Gasteiger partial charge in [0.15, 0.2) is 0 Å². The topological polar surface area (TPSA) is 70.1 Å².